The molecule has 0 fully saturated rings. The SMILES string of the molecule is COC(=O)Cc1c(CN)cnc(OC(F)(F)F)c1I. The highest BCUT2D eigenvalue weighted by Gasteiger charge is 2.33. The van der Waals surface area contributed by atoms with Crippen LogP contribution in [0.1, 0.15) is 11.1 Å². The molecule has 1 aromatic rings. The summed E-state index contributed by atoms with van der Waals surface area (Å²) in [5, 5.41) is 0. The van der Waals surface area contributed by atoms with E-state index in [9.17, 15) is 18.0 Å². The van der Waals surface area contributed by atoms with E-state index in [-0.39, 0.29) is 16.5 Å². The van der Waals surface area contributed by atoms with Crippen molar-refractivity contribution < 1.29 is 27.4 Å². The summed E-state index contributed by atoms with van der Waals surface area (Å²) in [7, 11) is 1.19. The molecule has 0 aliphatic heterocycles. The van der Waals surface area contributed by atoms with Crippen molar-refractivity contribution in [1.82, 2.24) is 4.98 Å². The summed E-state index contributed by atoms with van der Waals surface area (Å²) in [6.45, 7) is 0.0433. The van der Waals surface area contributed by atoms with Gasteiger partial charge in [0.2, 0.25) is 5.88 Å². The molecule has 0 saturated heterocycles. The Labute approximate surface area is 120 Å². The third-order valence-electron chi connectivity index (χ3n) is 2.16. The van der Waals surface area contributed by atoms with Crippen molar-refractivity contribution in [2.75, 3.05) is 7.11 Å². The average Bonchev–Trinajstić information content (AvgIpc) is 2.32. The number of hydrogen-bond acceptors (Lipinski definition) is 5. The molecule has 9 heteroatoms. The Morgan fingerprint density at radius 2 is 2.16 bits per heavy atom. The van der Waals surface area contributed by atoms with Crippen LogP contribution in [-0.2, 0) is 22.5 Å². The van der Waals surface area contributed by atoms with E-state index < -0.39 is 18.2 Å². The van der Waals surface area contributed by atoms with Crippen molar-refractivity contribution in [1.29, 1.82) is 0 Å². The van der Waals surface area contributed by atoms with Crippen molar-refractivity contribution in [3.05, 3.63) is 20.9 Å². The maximum atomic E-state index is 12.2. The predicted octanol–water partition coefficient (Wildman–Crippen LogP) is 1.76. The maximum absolute atomic E-state index is 12.2. The number of aromatic nitrogens is 1. The van der Waals surface area contributed by atoms with Crippen LogP contribution in [0.15, 0.2) is 6.20 Å². The predicted molar refractivity (Wildman–Crippen MR) is 67.2 cm³/mol. The summed E-state index contributed by atoms with van der Waals surface area (Å²) in [5.41, 5.74) is 6.24. The topological polar surface area (TPSA) is 74.4 Å². The second-order valence-electron chi connectivity index (χ2n) is 3.39. The van der Waals surface area contributed by atoms with Crippen molar-refractivity contribution in [2.45, 2.75) is 19.3 Å². The van der Waals surface area contributed by atoms with Gasteiger partial charge in [0.1, 0.15) is 0 Å². The highest BCUT2D eigenvalue weighted by Crippen LogP contribution is 2.29. The van der Waals surface area contributed by atoms with E-state index >= 15 is 0 Å². The highest BCUT2D eigenvalue weighted by molar-refractivity contribution is 14.1. The van der Waals surface area contributed by atoms with Gasteiger partial charge in [0.25, 0.3) is 0 Å². The Morgan fingerprint density at radius 1 is 1.53 bits per heavy atom. The van der Waals surface area contributed by atoms with Gasteiger partial charge in [0.15, 0.2) is 0 Å². The van der Waals surface area contributed by atoms with E-state index in [4.69, 9.17) is 5.73 Å². The molecule has 0 bridgehead atoms. The van der Waals surface area contributed by atoms with Gasteiger partial charge >= 0.3 is 12.3 Å². The fourth-order valence-corrected chi connectivity index (χ4v) is 2.09. The lowest BCUT2D eigenvalue weighted by atomic mass is 10.1. The van der Waals surface area contributed by atoms with E-state index in [2.05, 4.69) is 14.5 Å². The van der Waals surface area contributed by atoms with Gasteiger partial charge in [-0.15, -0.1) is 13.2 Å². The summed E-state index contributed by atoms with van der Waals surface area (Å²) in [5.74, 6) is -1.19. The summed E-state index contributed by atoms with van der Waals surface area (Å²) in [6.07, 6.45) is -3.89. The Balaban J connectivity index is 3.18. The first kappa shape index (κ1) is 16.0. The first-order valence-electron chi connectivity index (χ1n) is 4.97. The number of alkyl halides is 3. The standard InChI is InChI=1S/C10H10F3IN2O3/c1-18-7(17)2-6-5(3-15)4-16-9(8(6)14)19-10(11,12)13/h4H,2-3,15H2,1H3. The second kappa shape index (κ2) is 6.37. The molecule has 0 aromatic carbocycles. The number of nitrogens with zero attached hydrogens (tertiary/aromatic N) is 1. The van der Waals surface area contributed by atoms with Crippen LogP contribution >= 0.6 is 22.6 Å². The van der Waals surface area contributed by atoms with E-state index in [0.29, 0.717) is 11.1 Å². The molecule has 5 nitrogen and oxygen atoms in total. The lowest BCUT2D eigenvalue weighted by Crippen LogP contribution is -2.20. The number of pyridine rings is 1. The van der Waals surface area contributed by atoms with Gasteiger partial charge in [-0.25, -0.2) is 4.98 Å². The Bertz CT molecular complexity index is 480. The first-order chi connectivity index (χ1) is 8.78. The molecule has 0 spiro atoms. The van der Waals surface area contributed by atoms with E-state index in [0.717, 1.165) is 6.20 Å². The van der Waals surface area contributed by atoms with E-state index in [1.807, 2.05) is 0 Å². The fraction of sp³-hybridized carbons (Fsp3) is 0.400. The molecule has 0 atom stereocenters. The van der Waals surface area contributed by atoms with Crippen LogP contribution in [0.25, 0.3) is 0 Å². The number of halogens is 4. The highest BCUT2D eigenvalue weighted by atomic mass is 127. The molecule has 0 aliphatic rings. The molecule has 0 unspecified atom stereocenters. The molecule has 1 heterocycles. The molecule has 1 aromatic heterocycles. The minimum atomic E-state index is -4.85. The monoisotopic (exact) mass is 390 g/mol. The van der Waals surface area contributed by atoms with Gasteiger partial charge in [-0.3, -0.25) is 4.79 Å². The van der Waals surface area contributed by atoms with Crippen LogP contribution in [-0.4, -0.2) is 24.4 Å². The number of carbonyl (C=O) groups is 1. The lowest BCUT2D eigenvalue weighted by Gasteiger charge is -2.14. The number of rotatable bonds is 4. The molecule has 0 radical (unpaired) electrons. The van der Waals surface area contributed by atoms with Crippen LogP contribution in [0, 0.1) is 3.57 Å². The molecule has 0 amide bonds. The van der Waals surface area contributed by atoms with Crippen LogP contribution in [0.5, 0.6) is 5.88 Å². The van der Waals surface area contributed by atoms with Gasteiger partial charge in [0, 0.05) is 12.7 Å². The first-order valence-corrected chi connectivity index (χ1v) is 6.05. The molecule has 1 rings (SSSR count). The molecule has 106 valence electrons. The number of esters is 1. The quantitative estimate of drug-likeness (QED) is 0.627. The zero-order valence-electron chi connectivity index (χ0n) is 9.75. The third kappa shape index (κ3) is 4.49. The number of nitrogens with two attached hydrogens (primary N) is 1. The molecule has 19 heavy (non-hydrogen) atoms. The van der Waals surface area contributed by atoms with Crippen molar-refractivity contribution in [3.63, 3.8) is 0 Å². The summed E-state index contributed by atoms with van der Waals surface area (Å²) >= 11 is 1.63. The van der Waals surface area contributed by atoms with Gasteiger partial charge in [-0.1, -0.05) is 0 Å². The molecular formula is C10H10F3IN2O3. The smallest absolute Gasteiger partial charge is 0.469 e. The Hall–Kier alpha value is -1.10. The van der Waals surface area contributed by atoms with E-state index in [1.54, 1.807) is 22.6 Å². The summed E-state index contributed by atoms with van der Waals surface area (Å²) in [6, 6.07) is 0. The number of ether oxygens (including phenoxy) is 2. The van der Waals surface area contributed by atoms with Crippen LogP contribution in [0.2, 0.25) is 0 Å². The number of methoxy groups -OCH3 is 1. The number of carbonyl (C=O) groups excluding carboxylic acids is 1. The molecule has 0 saturated carbocycles. The molecular weight excluding hydrogens is 380 g/mol. The second-order valence-corrected chi connectivity index (χ2v) is 4.46. The largest absolute Gasteiger partial charge is 0.574 e. The Morgan fingerprint density at radius 3 is 2.63 bits per heavy atom. The van der Waals surface area contributed by atoms with Crippen molar-refractivity contribution in [3.8, 4) is 5.88 Å². The third-order valence-corrected chi connectivity index (χ3v) is 3.27. The zero-order valence-corrected chi connectivity index (χ0v) is 11.9. The minimum Gasteiger partial charge on any atom is -0.469 e. The zero-order chi connectivity index (χ0) is 14.6. The van der Waals surface area contributed by atoms with Gasteiger partial charge in [-0.05, 0) is 33.7 Å². The maximum Gasteiger partial charge on any atom is 0.574 e. The van der Waals surface area contributed by atoms with Crippen LogP contribution in [0.3, 0.4) is 0 Å². The van der Waals surface area contributed by atoms with Crippen molar-refractivity contribution >= 4 is 28.6 Å². The number of hydrogen-bond donors (Lipinski definition) is 1. The van der Waals surface area contributed by atoms with E-state index in [1.165, 1.54) is 7.11 Å². The molecule has 0 aliphatic carbocycles. The Kier molecular flexibility index (Phi) is 5.35. The fourth-order valence-electron chi connectivity index (χ4n) is 1.31. The summed E-state index contributed by atoms with van der Waals surface area (Å²) in [4.78, 5) is 14.8. The van der Waals surface area contributed by atoms with Crippen LogP contribution in [0.4, 0.5) is 13.2 Å². The average molecular weight is 390 g/mol. The van der Waals surface area contributed by atoms with Crippen molar-refractivity contribution in [2.24, 2.45) is 5.73 Å². The van der Waals surface area contributed by atoms with Crippen LogP contribution < -0.4 is 10.5 Å². The van der Waals surface area contributed by atoms with Gasteiger partial charge in [0.05, 0.1) is 17.1 Å². The minimum absolute atomic E-state index is 0.0433. The molecule has 2 N–H and O–H groups in total. The van der Waals surface area contributed by atoms with Gasteiger partial charge < -0.3 is 15.2 Å². The summed E-state index contributed by atoms with van der Waals surface area (Å²) < 4.78 is 44.9. The normalized spacial score (nSPS) is 11.3. The lowest BCUT2D eigenvalue weighted by molar-refractivity contribution is -0.276. The van der Waals surface area contributed by atoms with Gasteiger partial charge in [-0.2, -0.15) is 0 Å².